The van der Waals surface area contributed by atoms with E-state index in [1.807, 2.05) is 0 Å². The molecular formula is C19H38NO3+. The summed E-state index contributed by atoms with van der Waals surface area (Å²) in [6, 6.07) is 0. The minimum Gasteiger partial charge on any atom is -0.459 e. The van der Waals surface area contributed by atoms with Gasteiger partial charge in [0.25, 0.3) is 0 Å². The third-order valence-electron chi connectivity index (χ3n) is 5.83. The van der Waals surface area contributed by atoms with Crippen LogP contribution < -0.4 is 0 Å². The first-order chi connectivity index (χ1) is 11.0. The molecule has 2 unspecified atom stereocenters. The quantitative estimate of drug-likeness (QED) is 0.494. The van der Waals surface area contributed by atoms with Gasteiger partial charge in [-0.2, -0.15) is 0 Å². The second-order valence-corrected chi connectivity index (χ2v) is 7.42. The molecule has 23 heavy (non-hydrogen) atoms. The molecule has 136 valence electrons. The monoisotopic (exact) mass is 328 g/mol. The van der Waals surface area contributed by atoms with Gasteiger partial charge in [0.05, 0.1) is 32.2 Å². The molecule has 0 saturated heterocycles. The highest BCUT2D eigenvalue weighted by molar-refractivity contribution is 5.73. The van der Waals surface area contributed by atoms with Crippen molar-refractivity contribution >= 4 is 5.97 Å². The Labute approximate surface area is 142 Å². The lowest BCUT2D eigenvalue weighted by Crippen LogP contribution is -2.46. The average Bonchev–Trinajstić information content (AvgIpc) is 2.56. The molecule has 2 atom stereocenters. The van der Waals surface area contributed by atoms with Crippen LogP contribution >= 0.6 is 0 Å². The number of esters is 1. The third kappa shape index (κ3) is 6.42. The molecule has 0 radical (unpaired) electrons. The lowest BCUT2D eigenvalue weighted by molar-refractivity contribution is -0.906. The van der Waals surface area contributed by atoms with Crippen molar-refractivity contribution in [3.05, 3.63) is 0 Å². The molecule has 1 saturated carbocycles. The van der Waals surface area contributed by atoms with Gasteiger partial charge in [0.15, 0.2) is 0 Å². The van der Waals surface area contributed by atoms with Crippen molar-refractivity contribution in [1.29, 1.82) is 0 Å². The van der Waals surface area contributed by atoms with Crippen LogP contribution in [0.2, 0.25) is 0 Å². The number of aliphatic hydroxyl groups excluding tert-OH is 1. The molecule has 0 aromatic carbocycles. The summed E-state index contributed by atoms with van der Waals surface area (Å²) in [7, 11) is 2.19. The van der Waals surface area contributed by atoms with E-state index in [0.29, 0.717) is 18.9 Å². The number of carbonyl (C=O) groups excluding carboxylic acids is 1. The normalized spacial score (nSPS) is 19.3. The number of nitrogens with zero attached hydrogens (tertiary/aromatic N) is 1. The maximum absolute atomic E-state index is 12.6. The number of hydrogen-bond acceptors (Lipinski definition) is 3. The van der Waals surface area contributed by atoms with E-state index in [0.717, 1.165) is 43.4 Å². The molecule has 1 rings (SSSR count). The van der Waals surface area contributed by atoms with E-state index in [9.17, 15) is 9.90 Å². The Bertz CT molecular complexity index is 336. The Balaban J connectivity index is 2.60. The van der Waals surface area contributed by atoms with E-state index >= 15 is 0 Å². The fourth-order valence-corrected chi connectivity index (χ4v) is 3.63. The number of likely N-dealkylation sites (N-methyl/N-ethyl adjacent to an activating group) is 1. The predicted octanol–water partition coefficient (Wildman–Crippen LogP) is 3.37. The smallest absolute Gasteiger partial charge is 0.312 e. The van der Waals surface area contributed by atoms with E-state index in [1.165, 1.54) is 19.3 Å². The molecule has 0 bridgehead atoms. The van der Waals surface area contributed by atoms with Crippen LogP contribution in [0, 0.1) is 11.8 Å². The summed E-state index contributed by atoms with van der Waals surface area (Å²) in [6.45, 7) is 9.77. The molecule has 0 spiro atoms. The van der Waals surface area contributed by atoms with Gasteiger partial charge in [0.2, 0.25) is 0 Å². The predicted molar refractivity (Wildman–Crippen MR) is 94.1 cm³/mol. The van der Waals surface area contributed by atoms with E-state index in [-0.39, 0.29) is 11.9 Å². The molecule has 0 aromatic rings. The molecule has 1 fully saturated rings. The zero-order valence-electron chi connectivity index (χ0n) is 15.7. The molecule has 0 amide bonds. The van der Waals surface area contributed by atoms with Gasteiger partial charge in [-0.1, -0.05) is 32.6 Å². The van der Waals surface area contributed by atoms with Crippen LogP contribution in [0.3, 0.4) is 0 Å². The van der Waals surface area contributed by atoms with Crippen LogP contribution in [-0.2, 0) is 9.53 Å². The highest BCUT2D eigenvalue weighted by Gasteiger charge is 2.36. The van der Waals surface area contributed by atoms with Crippen molar-refractivity contribution in [3.63, 3.8) is 0 Å². The van der Waals surface area contributed by atoms with Gasteiger partial charge >= 0.3 is 5.97 Å². The van der Waals surface area contributed by atoms with Crippen molar-refractivity contribution in [3.8, 4) is 0 Å². The van der Waals surface area contributed by atoms with Crippen molar-refractivity contribution in [2.24, 2.45) is 11.8 Å². The van der Waals surface area contributed by atoms with E-state index < -0.39 is 6.10 Å². The fraction of sp³-hybridized carbons (Fsp3) is 0.947. The van der Waals surface area contributed by atoms with Crippen molar-refractivity contribution < 1.29 is 19.1 Å². The van der Waals surface area contributed by atoms with Crippen LogP contribution in [0.1, 0.15) is 65.7 Å². The Morgan fingerprint density at radius 1 is 1.17 bits per heavy atom. The van der Waals surface area contributed by atoms with E-state index in [2.05, 4.69) is 27.8 Å². The minimum absolute atomic E-state index is 0.170. The van der Waals surface area contributed by atoms with Crippen molar-refractivity contribution in [1.82, 2.24) is 0 Å². The number of rotatable bonds is 10. The highest BCUT2D eigenvalue weighted by Crippen LogP contribution is 2.33. The number of aliphatic hydroxyl groups is 1. The van der Waals surface area contributed by atoms with Crippen LogP contribution in [0.5, 0.6) is 0 Å². The molecule has 4 heteroatoms. The summed E-state index contributed by atoms with van der Waals surface area (Å²) in [4.78, 5) is 12.6. The molecule has 1 N–H and O–H groups in total. The van der Waals surface area contributed by atoms with Gasteiger partial charge in [-0.3, -0.25) is 4.79 Å². The third-order valence-corrected chi connectivity index (χ3v) is 5.83. The summed E-state index contributed by atoms with van der Waals surface area (Å²) >= 11 is 0. The summed E-state index contributed by atoms with van der Waals surface area (Å²) < 4.78 is 6.53. The lowest BCUT2D eigenvalue weighted by Gasteiger charge is -2.34. The van der Waals surface area contributed by atoms with Crippen molar-refractivity contribution in [2.75, 3.05) is 33.3 Å². The number of carbonyl (C=O) groups is 1. The summed E-state index contributed by atoms with van der Waals surface area (Å²) in [5.74, 6) is -0.190. The van der Waals surface area contributed by atoms with E-state index in [1.54, 1.807) is 0 Å². The van der Waals surface area contributed by atoms with Crippen LogP contribution in [0.15, 0.2) is 0 Å². The Kier molecular flexibility index (Phi) is 9.15. The zero-order valence-corrected chi connectivity index (χ0v) is 15.7. The zero-order chi connectivity index (χ0) is 17.3. The van der Waals surface area contributed by atoms with Gasteiger partial charge in [0, 0.05) is 0 Å². The molecule has 0 aliphatic heterocycles. The van der Waals surface area contributed by atoms with Crippen LogP contribution in [-0.4, -0.2) is 55.0 Å². The average molecular weight is 329 g/mol. The topological polar surface area (TPSA) is 46.5 Å². The summed E-state index contributed by atoms with van der Waals surface area (Å²) in [5, 5.41) is 10.5. The van der Waals surface area contributed by atoms with Crippen LogP contribution in [0.4, 0.5) is 0 Å². The molecular weight excluding hydrogens is 290 g/mol. The molecule has 1 aliphatic carbocycles. The Morgan fingerprint density at radius 3 is 2.30 bits per heavy atom. The first kappa shape index (κ1) is 20.4. The second kappa shape index (κ2) is 10.3. The summed E-state index contributed by atoms with van der Waals surface area (Å²) in [6.07, 6.45) is 6.75. The molecule has 1 aliphatic rings. The first-order valence-electron chi connectivity index (χ1n) is 9.65. The minimum atomic E-state index is -0.547. The van der Waals surface area contributed by atoms with Crippen molar-refractivity contribution in [2.45, 2.75) is 71.8 Å². The van der Waals surface area contributed by atoms with Gasteiger partial charge in [0.1, 0.15) is 13.2 Å². The molecule has 0 heterocycles. The molecule has 0 aromatic heterocycles. The SMILES string of the molecule is CCCC(O)C(C(=O)OCC[N+](C)(CC)CC)C1CCCCC1. The number of quaternary nitrogens is 1. The number of hydrogen-bond donors (Lipinski definition) is 1. The Hall–Kier alpha value is -0.610. The van der Waals surface area contributed by atoms with Gasteiger partial charge in [-0.15, -0.1) is 0 Å². The number of ether oxygens (including phenoxy) is 1. The first-order valence-corrected chi connectivity index (χ1v) is 9.65. The maximum Gasteiger partial charge on any atom is 0.312 e. The maximum atomic E-state index is 12.6. The lowest BCUT2D eigenvalue weighted by atomic mass is 9.76. The van der Waals surface area contributed by atoms with Gasteiger partial charge in [-0.25, -0.2) is 0 Å². The largest absolute Gasteiger partial charge is 0.459 e. The fourth-order valence-electron chi connectivity index (χ4n) is 3.63. The van der Waals surface area contributed by atoms with Crippen LogP contribution in [0.25, 0.3) is 0 Å². The standard InChI is InChI=1S/C19H38NO3/c1-5-11-17(21)18(16-12-9-8-10-13-16)19(22)23-15-14-20(4,6-2)7-3/h16-18,21H,5-15H2,1-4H3/q+1. The Morgan fingerprint density at radius 2 is 1.78 bits per heavy atom. The van der Waals surface area contributed by atoms with Gasteiger partial charge < -0.3 is 14.3 Å². The highest BCUT2D eigenvalue weighted by atomic mass is 16.5. The van der Waals surface area contributed by atoms with Gasteiger partial charge in [-0.05, 0) is 39.0 Å². The molecule has 4 nitrogen and oxygen atoms in total. The summed E-state index contributed by atoms with van der Waals surface area (Å²) in [5.41, 5.74) is 0. The van der Waals surface area contributed by atoms with E-state index in [4.69, 9.17) is 4.74 Å². The second-order valence-electron chi connectivity index (χ2n) is 7.42.